The molecule has 0 aliphatic heterocycles. The van der Waals surface area contributed by atoms with Gasteiger partial charge >= 0.3 is 0 Å². The fourth-order valence-electron chi connectivity index (χ4n) is 1.96. The van der Waals surface area contributed by atoms with Crippen LogP contribution in [0.25, 0.3) is 0 Å². The molecule has 0 amide bonds. The smallest absolute Gasteiger partial charge is 0.0642 e. The summed E-state index contributed by atoms with van der Waals surface area (Å²) in [6, 6.07) is 6.31. The molecule has 1 aliphatic rings. The fourth-order valence-corrected chi connectivity index (χ4v) is 2.31. The SMILES string of the molecule is CNCc1ccc(N(C)CC2CC2)c(Cl)c1. The summed E-state index contributed by atoms with van der Waals surface area (Å²) < 4.78 is 0. The molecule has 1 aromatic rings. The van der Waals surface area contributed by atoms with Crippen LogP contribution in [-0.2, 0) is 6.54 Å². The summed E-state index contributed by atoms with van der Waals surface area (Å²) in [5.74, 6) is 0.887. The molecule has 0 unspecified atom stereocenters. The number of nitrogens with zero attached hydrogens (tertiary/aromatic N) is 1. The Morgan fingerprint density at radius 3 is 2.75 bits per heavy atom. The zero-order valence-corrected chi connectivity index (χ0v) is 10.7. The molecule has 0 bridgehead atoms. The first-order chi connectivity index (χ1) is 7.70. The minimum atomic E-state index is 0.857. The van der Waals surface area contributed by atoms with Crippen LogP contribution in [0.4, 0.5) is 5.69 Å². The Hall–Kier alpha value is -0.730. The van der Waals surface area contributed by atoms with E-state index in [1.165, 1.54) is 18.4 Å². The number of halogens is 1. The summed E-state index contributed by atoms with van der Waals surface area (Å²) in [5, 5.41) is 3.99. The maximum atomic E-state index is 6.29. The van der Waals surface area contributed by atoms with Crippen molar-refractivity contribution >= 4 is 17.3 Å². The lowest BCUT2D eigenvalue weighted by Gasteiger charge is -2.20. The van der Waals surface area contributed by atoms with Gasteiger partial charge in [-0.25, -0.2) is 0 Å². The Morgan fingerprint density at radius 2 is 2.19 bits per heavy atom. The molecule has 1 N–H and O–H groups in total. The largest absolute Gasteiger partial charge is 0.373 e. The quantitative estimate of drug-likeness (QED) is 0.849. The van der Waals surface area contributed by atoms with E-state index < -0.39 is 0 Å². The molecule has 2 rings (SSSR count). The van der Waals surface area contributed by atoms with Crippen molar-refractivity contribution in [3.63, 3.8) is 0 Å². The third kappa shape index (κ3) is 2.89. The van der Waals surface area contributed by atoms with Gasteiger partial charge in [-0.3, -0.25) is 0 Å². The van der Waals surface area contributed by atoms with Crippen molar-refractivity contribution in [2.24, 2.45) is 5.92 Å². The van der Waals surface area contributed by atoms with Gasteiger partial charge in [0.1, 0.15) is 0 Å². The predicted molar refractivity (Wildman–Crippen MR) is 70.2 cm³/mol. The van der Waals surface area contributed by atoms with Crippen molar-refractivity contribution in [2.45, 2.75) is 19.4 Å². The van der Waals surface area contributed by atoms with Crippen LogP contribution in [0.3, 0.4) is 0 Å². The van der Waals surface area contributed by atoms with Crippen molar-refractivity contribution in [3.05, 3.63) is 28.8 Å². The number of anilines is 1. The molecule has 2 nitrogen and oxygen atoms in total. The normalized spacial score (nSPS) is 15.2. The Morgan fingerprint density at radius 1 is 1.44 bits per heavy atom. The maximum Gasteiger partial charge on any atom is 0.0642 e. The van der Waals surface area contributed by atoms with Crippen LogP contribution in [0.5, 0.6) is 0 Å². The second-order valence-corrected chi connectivity index (χ2v) is 5.05. The minimum Gasteiger partial charge on any atom is -0.373 e. The molecule has 1 saturated carbocycles. The van der Waals surface area contributed by atoms with Crippen LogP contribution in [0, 0.1) is 5.92 Å². The van der Waals surface area contributed by atoms with E-state index in [1.54, 1.807) is 0 Å². The summed E-state index contributed by atoms with van der Waals surface area (Å²) in [7, 11) is 4.07. The summed E-state index contributed by atoms with van der Waals surface area (Å²) >= 11 is 6.29. The van der Waals surface area contributed by atoms with E-state index in [0.29, 0.717) is 0 Å². The van der Waals surface area contributed by atoms with Crippen molar-refractivity contribution in [3.8, 4) is 0 Å². The molecule has 0 aromatic heterocycles. The van der Waals surface area contributed by atoms with Crippen LogP contribution >= 0.6 is 11.6 Å². The first-order valence-electron chi connectivity index (χ1n) is 5.85. The second-order valence-electron chi connectivity index (χ2n) is 4.64. The maximum absolute atomic E-state index is 6.29. The highest BCUT2D eigenvalue weighted by Crippen LogP contribution is 2.33. The molecule has 0 spiro atoms. The van der Waals surface area contributed by atoms with E-state index in [1.807, 2.05) is 7.05 Å². The van der Waals surface area contributed by atoms with Gasteiger partial charge in [0, 0.05) is 20.1 Å². The van der Waals surface area contributed by atoms with Crippen LogP contribution in [0.1, 0.15) is 18.4 Å². The van der Waals surface area contributed by atoms with E-state index in [2.05, 4.69) is 35.5 Å². The van der Waals surface area contributed by atoms with Gasteiger partial charge < -0.3 is 10.2 Å². The van der Waals surface area contributed by atoms with E-state index in [4.69, 9.17) is 11.6 Å². The standard InChI is InChI=1S/C13H19ClN2/c1-15-8-11-5-6-13(12(14)7-11)16(2)9-10-3-4-10/h5-7,10,15H,3-4,8-9H2,1-2H3. The lowest BCUT2D eigenvalue weighted by atomic mass is 10.2. The zero-order chi connectivity index (χ0) is 11.5. The first-order valence-corrected chi connectivity index (χ1v) is 6.22. The van der Waals surface area contributed by atoms with Crippen LogP contribution in [0.15, 0.2) is 18.2 Å². The molecule has 16 heavy (non-hydrogen) atoms. The number of nitrogens with one attached hydrogen (secondary N) is 1. The van der Waals surface area contributed by atoms with Gasteiger partial charge in [0.25, 0.3) is 0 Å². The Balaban J connectivity index is 2.07. The van der Waals surface area contributed by atoms with Crippen LogP contribution < -0.4 is 10.2 Å². The molecule has 0 saturated heterocycles. The van der Waals surface area contributed by atoms with Crippen molar-refractivity contribution in [2.75, 3.05) is 25.5 Å². The Bertz CT molecular complexity index is 361. The fraction of sp³-hybridized carbons (Fsp3) is 0.538. The predicted octanol–water partition coefficient (Wildman–Crippen LogP) is 2.91. The van der Waals surface area contributed by atoms with E-state index in [9.17, 15) is 0 Å². The highest BCUT2D eigenvalue weighted by atomic mass is 35.5. The number of hydrogen-bond acceptors (Lipinski definition) is 2. The molecular weight excluding hydrogens is 220 g/mol. The Kier molecular flexibility index (Phi) is 3.72. The molecule has 1 aromatic carbocycles. The summed E-state index contributed by atoms with van der Waals surface area (Å²) in [6.45, 7) is 2.00. The van der Waals surface area contributed by atoms with Gasteiger partial charge in [0.2, 0.25) is 0 Å². The average Bonchev–Trinajstić information content (AvgIpc) is 3.02. The summed E-state index contributed by atoms with van der Waals surface area (Å²) in [6.07, 6.45) is 2.75. The topological polar surface area (TPSA) is 15.3 Å². The zero-order valence-electron chi connectivity index (χ0n) is 9.96. The van der Waals surface area contributed by atoms with Gasteiger partial charge in [-0.15, -0.1) is 0 Å². The second kappa shape index (κ2) is 5.07. The molecular formula is C13H19ClN2. The molecule has 0 heterocycles. The summed E-state index contributed by atoms with van der Waals surface area (Å²) in [5.41, 5.74) is 2.38. The van der Waals surface area contributed by atoms with E-state index in [-0.39, 0.29) is 0 Å². The molecule has 0 atom stereocenters. The van der Waals surface area contributed by atoms with Gasteiger partial charge in [0.05, 0.1) is 10.7 Å². The molecule has 3 heteroatoms. The highest BCUT2D eigenvalue weighted by Gasteiger charge is 2.23. The van der Waals surface area contributed by atoms with Crippen LogP contribution in [-0.4, -0.2) is 20.6 Å². The van der Waals surface area contributed by atoms with Gasteiger partial charge in [0.15, 0.2) is 0 Å². The minimum absolute atomic E-state index is 0.857. The van der Waals surface area contributed by atoms with E-state index >= 15 is 0 Å². The summed E-state index contributed by atoms with van der Waals surface area (Å²) in [4.78, 5) is 2.27. The highest BCUT2D eigenvalue weighted by molar-refractivity contribution is 6.33. The Labute approximate surface area is 103 Å². The van der Waals surface area contributed by atoms with Gasteiger partial charge in [-0.2, -0.15) is 0 Å². The third-order valence-corrected chi connectivity index (χ3v) is 3.34. The van der Waals surface area contributed by atoms with Gasteiger partial charge in [-0.05, 0) is 43.5 Å². The van der Waals surface area contributed by atoms with E-state index in [0.717, 1.165) is 29.7 Å². The van der Waals surface area contributed by atoms with Gasteiger partial charge in [-0.1, -0.05) is 17.7 Å². The lowest BCUT2D eigenvalue weighted by Crippen LogP contribution is -2.20. The number of rotatable bonds is 5. The number of benzene rings is 1. The first kappa shape index (κ1) is 11.7. The van der Waals surface area contributed by atoms with Crippen molar-refractivity contribution in [1.82, 2.24) is 5.32 Å². The van der Waals surface area contributed by atoms with Crippen LogP contribution in [0.2, 0.25) is 5.02 Å². The molecule has 88 valence electrons. The van der Waals surface area contributed by atoms with Crippen molar-refractivity contribution < 1.29 is 0 Å². The molecule has 1 fully saturated rings. The number of hydrogen-bond donors (Lipinski definition) is 1. The van der Waals surface area contributed by atoms with Crippen molar-refractivity contribution in [1.29, 1.82) is 0 Å². The molecule has 0 radical (unpaired) electrons. The third-order valence-electron chi connectivity index (χ3n) is 3.03. The monoisotopic (exact) mass is 238 g/mol. The average molecular weight is 239 g/mol. The lowest BCUT2D eigenvalue weighted by molar-refractivity contribution is 0.785. The molecule has 1 aliphatic carbocycles.